The maximum Gasteiger partial charge on any atom is 0.0805 e. The van der Waals surface area contributed by atoms with Crippen molar-refractivity contribution in [3.05, 3.63) is 47.0 Å². The number of rotatable bonds is 1. The standard InChI is InChI=1S/C18H18ClN3S/c1-21-6-8-22(9-7-21)16-11-14(19)10-15-18(16)23-17-5-3-2-4-13(17)12-20-15/h2-5,10-12H,6-9H2,1H3. The Kier molecular flexibility index (Phi) is 4.05. The fourth-order valence-electron chi connectivity index (χ4n) is 2.98. The Morgan fingerprint density at radius 1 is 1.09 bits per heavy atom. The van der Waals surface area contributed by atoms with E-state index in [2.05, 4.69) is 47.2 Å². The van der Waals surface area contributed by atoms with Gasteiger partial charge in [0, 0.05) is 47.9 Å². The van der Waals surface area contributed by atoms with Gasteiger partial charge in [-0.2, -0.15) is 0 Å². The van der Waals surface area contributed by atoms with Gasteiger partial charge < -0.3 is 9.80 Å². The Hall–Kier alpha value is -1.49. The summed E-state index contributed by atoms with van der Waals surface area (Å²) >= 11 is 8.17. The van der Waals surface area contributed by atoms with Gasteiger partial charge >= 0.3 is 0 Å². The largest absolute Gasteiger partial charge is 0.368 e. The van der Waals surface area contributed by atoms with Crippen LogP contribution in [0.15, 0.2) is 51.2 Å². The van der Waals surface area contributed by atoms with Crippen LogP contribution < -0.4 is 4.90 Å². The predicted molar refractivity (Wildman–Crippen MR) is 99.0 cm³/mol. The van der Waals surface area contributed by atoms with Crippen molar-refractivity contribution in [2.45, 2.75) is 9.79 Å². The van der Waals surface area contributed by atoms with Crippen molar-refractivity contribution < 1.29 is 0 Å². The third kappa shape index (κ3) is 2.99. The van der Waals surface area contributed by atoms with Crippen LogP contribution in [-0.4, -0.2) is 44.3 Å². The van der Waals surface area contributed by atoms with Gasteiger partial charge in [0.15, 0.2) is 0 Å². The Morgan fingerprint density at radius 2 is 1.87 bits per heavy atom. The molecule has 0 atom stereocenters. The second-order valence-corrected chi connectivity index (χ2v) is 7.45. The molecule has 1 saturated heterocycles. The Labute approximate surface area is 146 Å². The Bertz CT molecular complexity index is 767. The minimum Gasteiger partial charge on any atom is -0.368 e. The van der Waals surface area contributed by atoms with Crippen LogP contribution in [0.1, 0.15) is 5.56 Å². The molecule has 0 spiro atoms. The van der Waals surface area contributed by atoms with Crippen molar-refractivity contribution >= 4 is 41.0 Å². The number of hydrogen-bond donors (Lipinski definition) is 0. The second kappa shape index (κ2) is 6.19. The first-order valence-corrected chi connectivity index (χ1v) is 8.98. The first-order valence-electron chi connectivity index (χ1n) is 7.79. The molecule has 2 heterocycles. The predicted octanol–water partition coefficient (Wildman–Crippen LogP) is 4.31. The monoisotopic (exact) mass is 343 g/mol. The van der Waals surface area contributed by atoms with Crippen LogP contribution in [0.25, 0.3) is 0 Å². The molecular formula is C18H18ClN3S. The number of anilines is 1. The molecule has 2 aromatic carbocycles. The van der Waals surface area contributed by atoms with E-state index < -0.39 is 0 Å². The van der Waals surface area contributed by atoms with Crippen molar-refractivity contribution in [3.8, 4) is 0 Å². The summed E-state index contributed by atoms with van der Waals surface area (Å²) in [5.41, 5.74) is 3.33. The summed E-state index contributed by atoms with van der Waals surface area (Å²) in [5, 5.41) is 0.751. The molecule has 1 fully saturated rings. The second-order valence-electron chi connectivity index (χ2n) is 5.96. The molecule has 118 valence electrons. The van der Waals surface area contributed by atoms with E-state index >= 15 is 0 Å². The van der Waals surface area contributed by atoms with E-state index in [1.165, 1.54) is 15.5 Å². The van der Waals surface area contributed by atoms with E-state index in [0.29, 0.717) is 0 Å². The number of fused-ring (bicyclic) bond motifs is 2. The van der Waals surface area contributed by atoms with Crippen LogP contribution in [0.2, 0.25) is 5.02 Å². The summed E-state index contributed by atoms with van der Waals surface area (Å²) in [5.74, 6) is 0. The minimum absolute atomic E-state index is 0.751. The quantitative estimate of drug-likeness (QED) is 0.656. The van der Waals surface area contributed by atoms with Gasteiger partial charge in [0.25, 0.3) is 0 Å². The van der Waals surface area contributed by atoms with Crippen LogP contribution in [0.4, 0.5) is 11.4 Å². The van der Waals surface area contributed by atoms with Crippen LogP contribution in [-0.2, 0) is 0 Å². The van der Waals surface area contributed by atoms with Crippen LogP contribution in [0, 0.1) is 0 Å². The minimum atomic E-state index is 0.751. The molecule has 3 nitrogen and oxygen atoms in total. The lowest BCUT2D eigenvalue weighted by Crippen LogP contribution is -2.44. The third-order valence-corrected chi connectivity index (χ3v) is 5.76. The maximum atomic E-state index is 6.37. The summed E-state index contributed by atoms with van der Waals surface area (Å²) in [6.07, 6.45) is 1.94. The van der Waals surface area contributed by atoms with Gasteiger partial charge in [-0.05, 0) is 25.2 Å². The van der Waals surface area contributed by atoms with Crippen molar-refractivity contribution in [2.75, 3.05) is 38.1 Å². The SMILES string of the molecule is CN1CCN(c2cc(Cl)cc3c2Sc2ccccc2C=N3)CC1. The van der Waals surface area contributed by atoms with Crippen LogP contribution in [0.3, 0.4) is 0 Å². The molecule has 0 unspecified atom stereocenters. The summed E-state index contributed by atoms with van der Waals surface area (Å²) in [4.78, 5) is 11.9. The number of benzene rings is 2. The van der Waals surface area contributed by atoms with Gasteiger partial charge in [-0.1, -0.05) is 41.6 Å². The first kappa shape index (κ1) is 15.1. The van der Waals surface area contributed by atoms with E-state index in [1.807, 2.05) is 12.3 Å². The lowest BCUT2D eigenvalue weighted by molar-refractivity contribution is 0.312. The summed E-state index contributed by atoms with van der Waals surface area (Å²) in [6, 6.07) is 12.4. The number of aliphatic imine (C=N–C) groups is 1. The summed E-state index contributed by atoms with van der Waals surface area (Å²) < 4.78 is 0. The molecule has 23 heavy (non-hydrogen) atoms. The number of likely N-dealkylation sites (N-methyl/N-ethyl adjacent to an activating group) is 1. The Morgan fingerprint density at radius 3 is 2.70 bits per heavy atom. The third-order valence-electron chi connectivity index (χ3n) is 4.33. The van der Waals surface area contributed by atoms with Gasteiger partial charge in [0.1, 0.15) is 0 Å². The molecule has 2 aliphatic rings. The molecular weight excluding hydrogens is 326 g/mol. The van der Waals surface area contributed by atoms with E-state index in [0.717, 1.165) is 42.5 Å². The van der Waals surface area contributed by atoms with Crippen LogP contribution in [0.5, 0.6) is 0 Å². The average molecular weight is 344 g/mol. The highest BCUT2D eigenvalue weighted by atomic mass is 35.5. The topological polar surface area (TPSA) is 18.8 Å². The van der Waals surface area contributed by atoms with E-state index in [-0.39, 0.29) is 0 Å². The molecule has 0 aromatic heterocycles. The van der Waals surface area contributed by atoms with Gasteiger partial charge in [0.2, 0.25) is 0 Å². The van der Waals surface area contributed by atoms with Gasteiger partial charge in [0.05, 0.1) is 16.3 Å². The lowest BCUT2D eigenvalue weighted by Gasteiger charge is -2.35. The number of halogens is 1. The fourth-order valence-corrected chi connectivity index (χ4v) is 4.30. The number of hydrogen-bond acceptors (Lipinski definition) is 4. The molecule has 4 rings (SSSR count). The average Bonchev–Trinajstić information content (AvgIpc) is 2.74. The molecule has 0 bridgehead atoms. The zero-order valence-corrected chi connectivity index (χ0v) is 14.6. The van der Waals surface area contributed by atoms with Crippen molar-refractivity contribution in [1.29, 1.82) is 0 Å². The zero-order chi connectivity index (χ0) is 15.8. The maximum absolute atomic E-state index is 6.37. The fraction of sp³-hybridized carbons (Fsp3) is 0.278. The summed E-state index contributed by atoms with van der Waals surface area (Å²) in [7, 11) is 2.17. The molecule has 5 heteroatoms. The van der Waals surface area contributed by atoms with Crippen molar-refractivity contribution in [1.82, 2.24) is 4.90 Å². The number of nitrogens with zero attached hydrogens (tertiary/aromatic N) is 3. The normalized spacial score (nSPS) is 17.6. The molecule has 0 N–H and O–H groups in total. The van der Waals surface area contributed by atoms with Gasteiger partial charge in [-0.3, -0.25) is 4.99 Å². The molecule has 0 amide bonds. The smallest absolute Gasteiger partial charge is 0.0805 e. The number of piperazine rings is 1. The highest BCUT2D eigenvalue weighted by molar-refractivity contribution is 7.99. The van der Waals surface area contributed by atoms with E-state index in [9.17, 15) is 0 Å². The van der Waals surface area contributed by atoms with Gasteiger partial charge in [-0.15, -0.1) is 0 Å². The Balaban J connectivity index is 1.79. The molecule has 2 aromatic rings. The molecule has 0 saturated carbocycles. The zero-order valence-electron chi connectivity index (χ0n) is 13.0. The van der Waals surface area contributed by atoms with E-state index in [4.69, 9.17) is 16.6 Å². The highest BCUT2D eigenvalue weighted by Crippen LogP contribution is 2.46. The van der Waals surface area contributed by atoms with Crippen LogP contribution >= 0.6 is 23.4 Å². The molecule has 2 aliphatic heterocycles. The highest BCUT2D eigenvalue weighted by Gasteiger charge is 2.22. The van der Waals surface area contributed by atoms with Crippen molar-refractivity contribution in [2.24, 2.45) is 4.99 Å². The molecule has 0 radical (unpaired) electrons. The van der Waals surface area contributed by atoms with Gasteiger partial charge in [-0.25, -0.2) is 0 Å². The first-order chi connectivity index (χ1) is 11.2. The lowest BCUT2D eigenvalue weighted by atomic mass is 10.2. The summed E-state index contributed by atoms with van der Waals surface area (Å²) in [6.45, 7) is 4.20. The molecule has 0 aliphatic carbocycles. The van der Waals surface area contributed by atoms with Crippen molar-refractivity contribution in [3.63, 3.8) is 0 Å². The van der Waals surface area contributed by atoms with E-state index in [1.54, 1.807) is 11.8 Å².